The Morgan fingerprint density at radius 1 is 1.47 bits per heavy atom. The lowest BCUT2D eigenvalue weighted by Gasteiger charge is -2.01. The number of amides is 2. The molecule has 0 saturated heterocycles. The van der Waals surface area contributed by atoms with Gasteiger partial charge >= 0.3 is 0 Å². The maximum atomic E-state index is 11.7. The molecule has 0 aliphatic carbocycles. The van der Waals surface area contributed by atoms with Gasteiger partial charge in [-0.25, -0.2) is 0 Å². The van der Waals surface area contributed by atoms with Gasteiger partial charge in [-0.3, -0.25) is 19.4 Å². The second-order valence-electron chi connectivity index (χ2n) is 3.38. The number of aryl methyl sites for hydroxylation is 1. The summed E-state index contributed by atoms with van der Waals surface area (Å²) in [6.07, 6.45) is 4.21. The van der Waals surface area contributed by atoms with Gasteiger partial charge in [0, 0.05) is 13.2 Å². The van der Waals surface area contributed by atoms with E-state index in [0.29, 0.717) is 5.56 Å². The second-order valence-corrected chi connectivity index (χ2v) is 3.38. The van der Waals surface area contributed by atoms with E-state index in [9.17, 15) is 9.59 Å². The van der Waals surface area contributed by atoms with Crippen LogP contribution in [0.25, 0.3) is 0 Å². The maximum absolute atomic E-state index is 11.7. The zero-order valence-corrected chi connectivity index (χ0v) is 8.97. The van der Waals surface area contributed by atoms with Crippen LogP contribution < -0.4 is 11.1 Å². The molecule has 17 heavy (non-hydrogen) atoms. The van der Waals surface area contributed by atoms with E-state index in [0.717, 1.165) is 0 Å². The fourth-order valence-corrected chi connectivity index (χ4v) is 1.29. The number of nitrogens with one attached hydrogen (secondary N) is 2. The van der Waals surface area contributed by atoms with Crippen LogP contribution in [0.15, 0.2) is 18.6 Å². The predicted molar refractivity (Wildman–Crippen MR) is 58.3 cm³/mol. The number of rotatable bonds is 3. The van der Waals surface area contributed by atoms with Crippen LogP contribution in [0.4, 0.5) is 5.82 Å². The summed E-state index contributed by atoms with van der Waals surface area (Å²) in [6, 6.07) is 0. The lowest BCUT2D eigenvalue weighted by molar-refractivity contribution is 0.100. The van der Waals surface area contributed by atoms with Crippen molar-refractivity contribution in [3.63, 3.8) is 0 Å². The Morgan fingerprint density at radius 3 is 2.82 bits per heavy atom. The number of H-pyrrole nitrogens is 1. The Balaban J connectivity index is 2.18. The molecule has 88 valence electrons. The number of aromatic nitrogens is 4. The van der Waals surface area contributed by atoms with E-state index >= 15 is 0 Å². The van der Waals surface area contributed by atoms with E-state index in [1.165, 1.54) is 17.1 Å². The van der Waals surface area contributed by atoms with Crippen LogP contribution in [-0.4, -0.2) is 31.8 Å². The van der Waals surface area contributed by atoms with Gasteiger partial charge in [0.05, 0.1) is 18.0 Å². The third-order valence-corrected chi connectivity index (χ3v) is 2.11. The smallest absolute Gasteiger partial charge is 0.260 e. The predicted octanol–water partition coefficient (Wildman–Crippen LogP) is -0.506. The zero-order valence-electron chi connectivity index (χ0n) is 8.97. The Bertz CT molecular complexity index is 570. The molecule has 2 rings (SSSR count). The van der Waals surface area contributed by atoms with Crippen molar-refractivity contribution in [2.75, 3.05) is 5.32 Å². The minimum Gasteiger partial charge on any atom is -0.365 e. The summed E-state index contributed by atoms with van der Waals surface area (Å²) in [5.74, 6) is -0.892. The number of primary amides is 1. The van der Waals surface area contributed by atoms with Crippen LogP contribution in [0.3, 0.4) is 0 Å². The molecular weight excluding hydrogens is 224 g/mol. The Morgan fingerprint density at radius 2 is 2.24 bits per heavy atom. The number of hydrogen-bond donors (Lipinski definition) is 3. The van der Waals surface area contributed by atoms with Gasteiger partial charge in [0.15, 0.2) is 0 Å². The van der Waals surface area contributed by atoms with E-state index < -0.39 is 11.8 Å². The van der Waals surface area contributed by atoms with Crippen LogP contribution in [-0.2, 0) is 7.05 Å². The zero-order chi connectivity index (χ0) is 12.4. The highest BCUT2D eigenvalue weighted by molar-refractivity contribution is 6.07. The molecule has 0 atom stereocenters. The summed E-state index contributed by atoms with van der Waals surface area (Å²) >= 11 is 0. The molecule has 2 amide bonds. The number of nitrogens with two attached hydrogens (primary N) is 1. The summed E-state index contributed by atoms with van der Waals surface area (Å²) in [5.41, 5.74) is 5.61. The third-order valence-electron chi connectivity index (χ3n) is 2.11. The van der Waals surface area contributed by atoms with Crippen molar-refractivity contribution in [2.24, 2.45) is 12.8 Å². The van der Waals surface area contributed by atoms with Gasteiger partial charge in [-0.1, -0.05) is 0 Å². The van der Waals surface area contributed by atoms with Crippen LogP contribution >= 0.6 is 0 Å². The van der Waals surface area contributed by atoms with Crippen LogP contribution in [0, 0.1) is 0 Å². The minimum atomic E-state index is -0.666. The lowest BCUT2D eigenvalue weighted by Crippen LogP contribution is -2.17. The van der Waals surface area contributed by atoms with Crippen molar-refractivity contribution in [2.45, 2.75) is 0 Å². The highest BCUT2D eigenvalue weighted by Gasteiger charge is 2.14. The van der Waals surface area contributed by atoms with Crippen molar-refractivity contribution in [3.8, 4) is 0 Å². The Kier molecular flexibility index (Phi) is 2.61. The average molecular weight is 234 g/mol. The summed E-state index contributed by atoms with van der Waals surface area (Å²) in [5, 5.41) is 12.5. The van der Waals surface area contributed by atoms with E-state index in [-0.39, 0.29) is 11.4 Å². The second kappa shape index (κ2) is 4.08. The fraction of sp³-hybridized carbons (Fsp3) is 0.111. The summed E-state index contributed by atoms with van der Waals surface area (Å²) < 4.78 is 1.50. The molecule has 0 aromatic carbocycles. The van der Waals surface area contributed by atoms with E-state index in [4.69, 9.17) is 5.73 Å². The molecular formula is C9H10N6O2. The molecule has 0 aliphatic rings. The first-order valence-corrected chi connectivity index (χ1v) is 4.71. The van der Waals surface area contributed by atoms with Gasteiger partial charge in [-0.05, 0) is 0 Å². The van der Waals surface area contributed by atoms with Crippen molar-refractivity contribution in [1.82, 2.24) is 20.0 Å². The maximum Gasteiger partial charge on any atom is 0.260 e. The van der Waals surface area contributed by atoms with Gasteiger partial charge < -0.3 is 11.1 Å². The molecule has 0 saturated carbocycles. The number of nitrogens with zero attached hydrogens (tertiary/aromatic N) is 3. The standard InChI is InChI=1S/C9H10N6O2/c1-15-4-5(2-12-15)9(17)13-8-6(7(10)16)3-11-14-8/h2-4H,1H3,(H2,10,16)(H2,11,13,14,17). The number of carbonyl (C=O) groups is 2. The molecule has 8 nitrogen and oxygen atoms in total. The molecule has 0 fully saturated rings. The fourth-order valence-electron chi connectivity index (χ4n) is 1.29. The monoisotopic (exact) mass is 234 g/mol. The summed E-state index contributed by atoms with van der Waals surface area (Å²) in [6.45, 7) is 0. The highest BCUT2D eigenvalue weighted by atomic mass is 16.2. The lowest BCUT2D eigenvalue weighted by atomic mass is 10.3. The number of anilines is 1. The number of carbonyl (C=O) groups excluding carboxylic acids is 2. The highest BCUT2D eigenvalue weighted by Crippen LogP contribution is 2.11. The third kappa shape index (κ3) is 2.14. The van der Waals surface area contributed by atoms with Gasteiger partial charge in [-0.2, -0.15) is 10.2 Å². The number of hydrogen-bond acceptors (Lipinski definition) is 4. The van der Waals surface area contributed by atoms with Crippen LogP contribution in [0.5, 0.6) is 0 Å². The summed E-state index contributed by atoms with van der Waals surface area (Å²) in [7, 11) is 1.70. The van der Waals surface area contributed by atoms with E-state index in [2.05, 4.69) is 20.6 Å². The Labute approximate surface area is 95.8 Å². The van der Waals surface area contributed by atoms with Crippen LogP contribution in [0.1, 0.15) is 20.7 Å². The largest absolute Gasteiger partial charge is 0.365 e. The molecule has 2 aromatic rings. The topological polar surface area (TPSA) is 119 Å². The average Bonchev–Trinajstić information content (AvgIpc) is 2.86. The number of aromatic amines is 1. The van der Waals surface area contributed by atoms with Gasteiger partial charge in [0.1, 0.15) is 11.4 Å². The molecule has 0 spiro atoms. The summed E-state index contributed by atoms with van der Waals surface area (Å²) in [4.78, 5) is 22.7. The van der Waals surface area contributed by atoms with Gasteiger partial charge in [0.2, 0.25) is 0 Å². The van der Waals surface area contributed by atoms with Crippen LogP contribution in [0.2, 0.25) is 0 Å². The SMILES string of the molecule is Cn1cc(C(=O)Nc2[nH]ncc2C(N)=O)cn1. The van der Waals surface area contributed by atoms with E-state index in [1.54, 1.807) is 13.2 Å². The molecule has 4 N–H and O–H groups in total. The molecule has 0 aliphatic heterocycles. The first-order chi connectivity index (χ1) is 8.08. The molecule has 8 heteroatoms. The van der Waals surface area contributed by atoms with Crippen molar-refractivity contribution in [3.05, 3.63) is 29.7 Å². The molecule has 0 unspecified atom stereocenters. The van der Waals surface area contributed by atoms with Gasteiger partial charge in [-0.15, -0.1) is 0 Å². The Hall–Kier alpha value is -2.64. The molecule has 0 radical (unpaired) electrons. The molecule has 2 heterocycles. The van der Waals surface area contributed by atoms with Gasteiger partial charge in [0.25, 0.3) is 11.8 Å². The van der Waals surface area contributed by atoms with Crippen molar-refractivity contribution < 1.29 is 9.59 Å². The van der Waals surface area contributed by atoms with Crippen molar-refractivity contribution in [1.29, 1.82) is 0 Å². The minimum absolute atomic E-state index is 0.127. The quantitative estimate of drug-likeness (QED) is 0.662. The molecule has 2 aromatic heterocycles. The normalized spacial score (nSPS) is 10.2. The van der Waals surface area contributed by atoms with E-state index in [1.807, 2.05) is 0 Å². The molecule has 0 bridgehead atoms. The van der Waals surface area contributed by atoms with Crippen molar-refractivity contribution >= 4 is 17.6 Å². The first-order valence-electron chi connectivity index (χ1n) is 4.71. The first kappa shape index (κ1) is 10.9.